The van der Waals surface area contributed by atoms with E-state index in [1.165, 1.54) is 353 Å². The fourth-order valence-corrected chi connectivity index (χ4v) is 12.1. The molecule has 0 aliphatic heterocycles. The molecule has 0 aromatic carbocycles. The minimum atomic E-state index is -0.843. The van der Waals surface area contributed by atoms with E-state index in [1.807, 2.05) is 6.08 Å². The molecule has 3 N–H and O–H groups in total. The van der Waals surface area contributed by atoms with E-state index in [2.05, 4.69) is 43.5 Å². The van der Waals surface area contributed by atoms with Gasteiger partial charge in [0.05, 0.1) is 25.4 Å². The Balaban J connectivity index is 3.38. The third kappa shape index (κ3) is 69.2. The lowest BCUT2D eigenvalue weighted by molar-refractivity contribution is -0.143. The van der Waals surface area contributed by atoms with Crippen LogP contribution >= 0.6 is 0 Å². The lowest BCUT2D eigenvalue weighted by Crippen LogP contribution is -2.45. The van der Waals surface area contributed by atoms with Gasteiger partial charge in [-0.15, -0.1) is 0 Å². The highest BCUT2D eigenvalue weighted by atomic mass is 16.5. The number of unbranched alkanes of at least 4 members (excludes halogenated alkanes) is 57. The SMILES string of the molecule is CCCCCCCCCCCCCCCCCC/C=C/C(O)C(CO)NC(=O)CCCCCCCCCCCCCCCCCCC/C=C\C/C=C\CCCCCCCCCCCCCCCOC(=O)CCCCCCCCCCCCCC. The number of esters is 1. The Morgan fingerprint density at radius 1 is 0.333 bits per heavy atom. The van der Waals surface area contributed by atoms with Crippen LogP contribution in [0.3, 0.4) is 0 Å². The summed E-state index contributed by atoms with van der Waals surface area (Å²) >= 11 is 0. The number of nitrogens with one attached hydrogen (secondary N) is 1. The molecule has 0 spiro atoms. The Hall–Kier alpha value is -1.92. The van der Waals surface area contributed by atoms with Gasteiger partial charge < -0.3 is 20.3 Å². The number of aliphatic hydroxyl groups excluding tert-OH is 2. The van der Waals surface area contributed by atoms with Crippen molar-refractivity contribution in [2.75, 3.05) is 13.2 Å². The minimum absolute atomic E-state index is 0.0198. The first-order chi connectivity index (χ1) is 41.5. The molecule has 0 rings (SSSR count). The van der Waals surface area contributed by atoms with Crippen molar-refractivity contribution in [3.63, 3.8) is 0 Å². The lowest BCUT2D eigenvalue weighted by atomic mass is 10.0. The van der Waals surface area contributed by atoms with E-state index in [0.717, 1.165) is 44.9 Å². The highest BCUT2D eigenvalue weighted by molar-refractivity contribution is 5.76. The van der Waals surface area contributed by atoms with Crippen molar-refractivity contribution in [2.45, 2.75) is 437 Å². The minimum Gasteiger partial charge on any atom is -0.466 e. The van der Waals surface area contributed by atoms with Crippen LogP contribution < -0.4 is 5.32 Å². The maximum atomic E-state index is 12.5. The largest absolute Gasteiger partial charge is 0.466 e. The van der Waals surface area contributed by atoms with Crippen molar-refractivity contribution in [1.29, 1.82) is 0 Å². The van der Waals surface area contributed by atoms with Crippen LogP contribution in [0.4, 0.5) is 0 Å². The number of ether oxygens (including phenoxy) is 1. The first kappa shape index (κ1) is 82.1. The van der Waals surface area contributed by atoms with Gasteiger partial charge in [-0.3, -0.25) is 9.59 Å². The Labute approximate surface area is 525 Å². The lowest BCUT2D eigenvalue weighted by Gasteiger charge is -2.20. The Kier molecular flexibility index (Phi) is 71.9. The molecule has 0 fully saturated rings. The van der Waals surface area contributed by atoms with Crippen LogP contribution in [0.2, 0.25) is 0 Å². The highest BCUT2D eigenvalue weighted by Gasteiger charge is 2.18. The van der Waals surface area contributed by atoms with E-state index < -0.39 is 12.1 Å². The normalized spacial score (nSPS) is 12.7. The number of rotatable bonds is 72. The molecule has 0 aromatic heterocycles. The van der Waals surface area contributed by atoms with Gasteiger partial charge in [0.2, 0.25) is 5.91 Å². The molecule has 0 radical (unpaired) electrons. The molecule has 0 bridgehead atoms. The number of hydrogen-bond acceptors (Lipinski definition) is 5. The van der Waals surface area contributed by atoms with E-state index >= 15 is 0 Å². The summed E-state index contributed by atoms with van der Waals surface area (Å²) in [6.07, 6.45) is 95.5. The molecule has 0 heterocycles. The number of carbonyl (C=O) groups excluding carboxylic acids is 2. The third-order valence-electron chi connectivity index (χ3n) is 17.9. The zero-order valence-corrected chi connectivity index (χ0v) is 56.9. The van der Waals surface area contributed by atoms with E-state index in [9.17, 15) is 19.8 Å². The summed E-state index contributed by atoms with van der Waals surface area (Å²) in [6, 6.07) is -0.626. The van der Waals surface area contributed by atoms with Gasteiger partial charge >= 0.3 is 5.97 Å². The molecule has 2 atom stereocenters. The molecule has 0 aliphatic rings. The smallest absolute Gasteiger partial charge is 0.305 e. The van der Waals surface area contributed by atoms with Crippen LogP contribution in [0.25, 0.3) is 0 Å². The summed E-state index contributed by atoms with van der Waals surface area (Å²) in [5, 5.41) is 23.2. The summed E-state index contributed by atoms with van der Waals surface area (Å²) < 4.78 is 5.48. The molecular formula is C78H149NO5. The van der Waals surface area contributed by atoms with Gasteiger partial charge in [-0.2, -0.15) is 0 Å². The maximum Gasteiger partial charge on any atom is 0.305 e. The molecule has 0 saturated carbocycles. The molecule has 1 amide bonds. The van der Waals surface area contributed by atoms with Gasteiger partial charge in [0.1, 0.15) is 0 Å². The number of carbonyl (C=O) groups is 2. The molecule has 0 saturated heterocycles. The maximum absolute atomic E-state index is 12.5. The molecule has 0 aromatic rings. The van der Waals surface area contributed by atoms with Crippen LogP contribution in [0.1, 0.15) is 425 Å². The van der Waals surface area contributed by atoms with Crippen molar-refractivity contribution < 1.29 is 24.5 Å². The summed E-state index contributed by atoms with van der Waals surface area (Å²) in [5.41, 5.74) is 0. The molecule has 6 heteroatoms. The predicted molar refractivity (Wildman–Crippen MR) is 370 cm³/mol. The highest BCUT2D eigenvalue weighted by Crippen LogP contribution is 2.19. The molecule has 84 heavy (non-hydrogen) atoms. The van der Waals surface area contributed by atoms with Gasteiger partial charge in [-0.05, 0) is 64.2 Å². The fraction of sp³-hybridized carbons (Fsp3) is 0.897. The number of aliphatic hydroxyl groups is 2. The molecule has 6 nitrogen and oxygen atoms in total. The molecule has 0 aliphatic carbocycles. The Bertz CT molecular complexity index is 1360. The molecular weight excluding hydrogens is 1030 g/mol. The van der Waals surface area contributed by atoms with E-state index in [-0.39, 0.29) is 18.5 Å². The van der Waals surface area contributed by atoms with Gasteiger partial charge in [-0.1, -0.05) is 384 Å². The summed E-state index contributed by atoms with van der Waals surface area (Å²) in [5.74, 6) is -0.0419. The second-order valence-corrected chi connectivity index (χ2v) is 26.3. The van der Waals surface area contributed by atoms with Crippen molar-refractivity contribution >= 4 is 11.9 Å². The number of amides is 1. The first-order valence-electron chi connectivity index (χ1n) is 38.3. The summed E-state index contributed by atoms with van der Waals surface area (Å²) in [6.45, 7) is 4.94. The summed E-state index contributed by atoms with van der Waals surface area (Å²) in [4.78, 5) is 24.6. The van der Waals surface area contributed by atoms with E-state index in [0.29, 0.717) is 19.4 Å². The van der Waals surface area contributed by atoms with E-state index in [1.54, 1.807) is 6.08 Å². The van der Waals surface area contributed by atoms with Crippen molar-refractivity contribution in [2.24, 2.45) is 0 Å². The topological polar surface area (TPSA) is 95.9 Å². The van der Waals surface area contributed by atoms with E-state index in [4.69, 9.17) is 4.74 Å². The number of hydrogen-bond donors (Lipinski definition) is 3. The van der Waals surface area contributed by atoms with Crippen LogP contribution in [-0.2, 0) is 14.3 Å². The van der Waals surface area contributed by atoms with Crippen LogP contribution in [-0.4, -0.2) is 47.4 Å². The first-order valence-corrected chi connectivity index (χ1v) is 38.3. The quantitative estimate of drug-likeness (QED) is 0.0320. The molecule has 496 valence electrons. The van der Waals surface area contributed by atoms with Crippen LogP contribution in [0.15, 0.2) is 36.5 Å². The second kappa shape index (κ2) is 73.5. The average molecular weight is 1180 g/mol. The van der Waals surface area contributed by atoms with Gasteiger partial charge in [0.25, 0.3) is 0 Å². The second-order valence-electron chi connectivity index (χ2n) is 26.3. The van der Waals surface area contributed by atoms with Crippen LogP contribution in [0.5, 0.6) is 0 Å². The average Bonchev–Trinajstić information content (AvgIpc) is 3.50. The monoisotopic (exact) mass is 1180 g/mol. The van der Waals surface area contributed by atoms with Crippen molar-refractivity contribution in [3.05, 3.63) is 36.5 Å². The Morgan fingerprint density at radius 2 is 0.595 bits per heavy atom. The Morgan fingerprint density at radius 3 is 0.905 bits per heavy atom. The van der Waals surface area contributed by atoms with Gasteiger partial charge in [0, 0.05) is 12.8 Å². The third-order valence-corrected chi connectivity index (χ3v) is 17.9. The van der Waals surface area contributed by atoms with Gasteiger partial charge in [0.15, 0.2) is 0 Å². The fourth-order valence-electron chi connectivity index (χ4n) is 12.1. The standard InChI is InChI=1S/C78H149NO5/c1-3-5-7-9-11-13-15-17-18-19-41-44-47-50-54-58-62-66-70-76(81)75(74-80)79-77(82)71-67-63-59-55-51-48-45-42-39-37-35-33-31-29-27-25-23-21-20-22-24-26-28-30-32-34-36-38-40-43-46-49-53-57-61-65-69-73-84-78(83)72-68-64-60-56-52-16-14-12-10-8-6-4-2/h20,22,26,28,66,70,75-76,80-81H,3-19,21,23-25,27,29-65,67-69,71-74H2,1-2H3,(H,79,82)/b22-20-,28-26-,70-66+. The number of allylic oxidation sites excluding steroid dienone is 5. The van der Waals surface area contributed by atoms with Crippen molar-refractivity contribution in [1.82, 2.24) is 5.32 Å². The zero-order valence-electron chi connectivity index (χ0n) is 56.9. The van der Waals surface area contributed by atoms with Gasteiger partial charge in [-0.25, -0.2) is 0 Å². The zero-order chi connectivity index (χ0) is 60.6. The summed E-state index contributed by atoms with van der Waals surface area (Å²) in [7, 11) is 0. The molecule has 2 unspecified atom stereocenters. The van der Waals surface area contributed by atoms with Crippen LogP contribution in [0, 0.1) is 0 Å². The predicted octanol–water partition coefficient (Wildman–Crippen LogP) is 25.0. The van der Waals surface area contributed by atoms with Crippen molar-refractivity contribution in [3.8, 4) is 0 Å².